The van der Waals surface area contributed by atoms with Crippen LogP contribution in [0.5, 0.6) is 5.75 Å². The first-order valence-corrected chi connectivity index (χ1v) is 7.44. The van der Waals surface area contributed by atoms with Crippen LogP contribution in [0.4, 0.5) is 10.5 Å². The van der Waals surface area contributed by atoms with E-state index < -0.39 is 11.7 Å². The molecule has 0 aliphatic heterocycles. The van der Waals surface area contributed by atoms with Gasteiger partial charge in [0.25, 0.3) is 0 Å². The number of methoxy groups -OCH3 is 1. The standard InChI is InChI=1S/C17H25NO4/c1-6-8-12(19)11-13-14(9-7-10-15(13)21-5)18-16(20)22-17(2,3)4/h7,9-10H,6,8,11H2,1-5H3,(H,18,20). The van der Waals surface area contributed by atoms with Crippen molar-refractivity contribution in [1.82, 2.24) is 0 Å². The summed E-state index contributed by atoms with van der Waals surface area (Å²) in [5.41, 5.74) is 0.633. The zero-order chi connectivity index (χ0) is 16.8. The van der Waals surface area contributed by atoms with Gasteiger partial charge in [0, 0.05) is 18.4 Å². The van der Waals surface area contributed by atoms with Gasteiger partial charge in [0.2, 0.25) is 0 Å². The fourth-order valence-corrected chi connectivity index (χ4v) is 2.03. The third-order valence-electron chi connectivity index (χ3n) is 2.89. The maximum absolute atomic E-state index is 11.9. The van der Waals surface area contributed by atoms with E-state index in [1.165, 1.54) is 0 Å². The molecule has 0 saturated heterocycles. The van der Waals surface area contributed by atoms with Crippen LogP contribution >= 0.6 is 0 Å². The predicted molar refractivity (Wildman–Crippen MR) is 86.5 cm³/mol. The van der Waals surface area contributed by atoms with E-state index in [0.717, 1.165) is 6.42 Å². The van der Waals surface area contributed by atoms with Gasteiger partial charge in [0.05, 0.1) is 12.8 Å². The van der Waals surface area contributed by atoms with Crippen molar-refractivity contribution in [3.05, 3.63) is 23.8 Å². The number of Topliss-reactive ketones (excluding diaryl/α,β-unsaturated/α-hetero) is 1. The molecule has 1 amide bonds. The number of anilines is 1. The molecule has 5 nitrogen and oxygen atoms in total. The zero-order valence-electron chi connectivity index (χ0n) is 14.0. The predicted octanol–water partition coefficient (Wildman–Crippen LogP) is 3.95. The molecule has 0 aliphatic rings. The topological polar surface area (TPSA) is 64.6 Å². The van der Waals surface area contributed by atoms with Crippen LogP contribution in [-0.4, -0.2) is 24.6 Å². The first-order valence-electron chi connectivity index (χ1n) is 7.44. The van der Waals surface area contributed by atoms with Gasteiger partial charge < -0.3 is 9.47 Å². The molecule has 0 radical (unpaired) electrons. The maximum atomic E-state index is 11.9. The van der Waals surface area contributed by atoms with E-state index in [9.17, 15) is 9.59 Å². The molecular weight excluding hydrogens is 282 g/mol. The second-order valence-corrected chi connectivity index (χ2v) is 6.08. The van der Waals surface area contributed by atoms with Crippen LogP contribution in [0.1, 0.15) is 46.1 Å². The Hall–Kier alpha value is -2.04. The summed E-state index contributed by atoms with van der Waals surface area (Å²) in [5.74, 6) is 0.692. The number of ketones is 1. The molecule has 0 saturated carbocycles. The van der Waals surface area contributed by atoms with Gasteiger partial charge in [-0.15, -0.1) is 0 Å². The molecule has 22 heavy (non-hydrogen) atoms. The first-order chi connectivity index (χ1) is 10.3. The third-order valence-corrected chi connectivity index (χ3v) is 2.89. The minimum Gasteiger partial charge on any atom is -0.496 e. The highest BCUT2D eigenvalue weighted by Gasteiger charge is 2.19. The lowest BCUT2D eigenvalue weighted by Gasteiger charge is -2.21. The summed E-state index contributed by atoms with van der Waals surface area (Å²) in [6.07, 6.45) is 0.973. The lowest BCUT2D eigenvalue weighted by atomic mass is 10.0. The quantitative estimate of drug-likeness (QED) is 0.864. The first kappa shape index (κ1) is 18.0. The number of carbonyl (C=O) groups excluding carboxylic acids is 2. The normalized spacial score (nSPS) is 11.0. The van der Waals surface area contributed by atoms with Crippen LogP contribution in [0.3, 0.4) is 0 Å². The molecule has 1 rings (SSSR count). The Kier molecular flexibility index (Phi) is 6.40. The van der Waals surface area contributed by atoms with Crippen molar-refractivity contribution < 1.29 is 19.1 Å². The van der Waals surface area contributed by atoms with Crippen LogP contribution in [0.2, 0.25) is 0 Å². The van der Waals surface area contributed by atoms with Crippen molar-refractivity contribution in [3.63, 3.8) is 0 Å². The average Bonchev–Trinajstić information content (AvgIpc) is 2.38. The molecule has 1 aromatic carbocycles. The van der Waals surface area contributed by atoms with Gasteiger partial charge in [-0.05, 0) is 39.3 Å². The van der Waals surface area contributed by atoms with Gasteiger partial charge in [-0.2, -0.15) is 0 Å². The van der Waals surface area contributed by atoms with Crippen LogP contribution < -0.4 is 10.1 Å². The number of carbonyl (C=O) groups is 2. The molecular formula is C17H25NO4. The van der Waals surface area contributed by atoms with Gasteiger partial charge in [0.15, 0.2) is 0 Å². The highest BCUT2D eigenvalue weighted by molar-refractivity contribution is 5.89. The van der Waals surface area contributed by atoms with Crippen molar-refractivity contribution in [2.24, 2.45) is 0 Å². The van der Waals surface area contributed by atoms with Crippen molar-refractivity contribution >= 4 is 17.6 Å². The number of hydrogen-bond acceptors (Lipinski definition) is 4. The Bertz CT molecular complexity index is 532. The van der Waals surface area contributed by atoms with Crippen molar-refractivity contribution in [1.29, 1.82) is 0 Å². The average molecular weight is 307 g/mol. The molecule has 1 aromatic rings. The Labute approximate surface area is 132 Å². The Morgan fingerprint density at radius 3 is 2.45 bits per heavy atom. The summed E-state index contributed by atoms with van der Waals surface area (Å²) in [6, 6.07) is 5.27. The number of hydrogen-bond donors (Lipinski definition) is 1. The maximum Gasteiger partial charge on any atom is 0.412 e. The molecule has 0 bridgehead atoms. The fraction of sp³-hybridized carbons (Fsp3) is 0.529. The number of benzene rings is 1. The van der Waals surface area contributed by atoms with Crippen LogP contribution in [0.15, 0.2) is 18.2 Å². The number of nitrogens with one attached hydrogen (secondary N) is 1. The Morgan fingerprint density at radius 1 is 1.23 bits per heavy atom. The van der Waals surface area contributed by atoms with Gasteiger partial charge >= 0.3 is 6.09 Å². The summed E-state index contributed by atoms with van der Waals surface area (Å²) in [6.45, 7) is 7.34. The summed E-state index contributed by atoms with van der Waals surface area (Å²) in [4.78, 5) is 23.9. The lowest BCUT2D eigenvalue weighted by Crippen LogP contribution is -2.27. The fourth-order valence-electron chi connectivity index (χ4n) is 2.03. The van der Waals surface area contributed by atoms with Crippen molar-refractivity contribution in [2.45, 2.75) is 52.6 Å². The molecule has 1 N–H and O–H groups in total. The SMILES string of the molecule is CCCC(=O)Cc1c(NC(=O)OC(C)(C)C)cccc1OC. The van der Waals surface area contributed by atoms with Gasteiger partial charge in [-0.3, -0.25) is 10.1 Å². The van der Waals surface area contributed by atoms with E-state index in [4.69, 9.17) is 9.47 Å². The molecule has 0 heterocycles. The van der Waals surface area contributed by atoms with E-state index in [2.05, 4.69) is 5.32 Å². The molecule has 0 unspecified atom stereocenters. The lowest BCUT2D eigenvalue weighted by molar-refractivity contribution is -0.118. The van der Waals surface area contributed by atoms with E-state index in [-0.39, 0.29) is 12.2 Å². The summed E-state index contributed by atoms with van der Waals surface area (Å²) >= 11 is 0. The number of rotatable bonds is 6. The van der Waals surface area contributed by atoms with E-state index in [1.54, 1.807) is 46.1 Å². The minimum absolute atomic E-state index is 0.110. The molecule has 5 heteroatoms. The van der Waals surface area contributed by atoms with Crippen molar-refractivity contribution in [2.75, 3.05) is 12.4 Å². The second-order valence-electron chi connectivity index (χ2n) is 6.08. The monoisotopic (exact) mass is 307 g/mol. The van der Waals surface area contributed by atoms with E-state index >= 15 is 0 Å². The third kappa shape index (κ3) is 5.76. The van der Waals surface area contributed by atoms with Crippen LogP contribution in [0, 0.1) is 0 Å². The molecule has 0 aromatic heterocycles. The second kappa shape index (κ2) is 7.82. The Balaban J connectivity index is 2.98. The molecule has 0 spiro atoms. The number of amides is 1. The summed E-state index contributed by atoms with van der Waals surface area (Å²) in [7, 11) is 1.54. The van der Waals surface area contributed by atoms with Crippen molar-refractivity contribution in [3.8, 4) is 5.75 Å². The number of ether oxygens (including phenoxy) is 2. The van der Waals surface area contributed by atoms with Gasteiger partial charge in [-0.1, -0.05) is 13.0 Å². The summed E-state index contributed by atoms with van der Waals surface area (Å²) < 4.78 is 10.6. The molecule has 0 fully saturated rings. The Morgan fingerprint density at radius 2 is 1.91 bits per heavy atom. The minimum atomic E-state index is -0.582. The van der Waals surface area contributed by atoms with Crippen LogP contribution in [-0.2, 0) is 16.0 Å². The molecule has 0 aliphatic carbocycles. The highest BCUT2D eigenvalue weighted by Crippen LogP contribution is 2.28. The largest absolute Gasteiger partial charge is 0.496 e. The highest BCUT2D eigenvalue weighted by atomic mass is 16.6. The van der Waals surface area contributed by atoms with E-state index in [0.29, 0.717) is 23.4 Å². The molecule has 122 valence electrons. The van der Waals surface area contributed by atoms with Crippen LogP contribution in [0.25, 0.3) is 0 Å². The summed E-state index contributed by atoms with van der Waals surface area (Å²) in [5, 5.41) is 2.70. The molecule has 0 atom stereocenters. The van der Waals surface area contributed by atoms with E-state index in [1.807, 2.05) is 6.92 Å². The van der Waals surface area contributed by atoms with Gasteiger partial charge in [-0.25, -0.2) is 4.79 Å². The van der Waals surface area contributed by atoms with Gasteiger partial charge in [0.1, 0.15) is 17.1 Å². The smallest absolute Gasteiger partial charge is 0.412 e. The zero-order valence-corrected chi connectivity index (χ0v) is 14.0.